The highest BCUT2D eigenvalue weighted by Crippen LogP contribution is 2.15. The number of H-pyrrole nitrogens is 1. The van der Waals surface area contributed by atoms with Crippen molar-refractivity contribution in [1.29, 1.82) is 0 Å². The summed E-state index contributed by atoms with van der Waals surface area (Å²) in [6, 6.07) is 0. The zero-order valence-electron chi connectivity index (χ0n) is 9.74. The van der Waals surface area contributed by atoms with Crippen molar-refractivity contribution in [2.75, 3.05) is 31.0 Å². The van der Waals surface area contributed by atoms with Crippen molar-refractivity contribution in [2.24, 2.45) is 5.92 Å². The first-order valence-electron chi connectivity index (χ1n) is 5.03. The van der Waals surface area contributed by atoms with Gasteiger partial charge in [0.05, 0.1) is 13.4 Å². The van der Waals surface area contributed by atoms with Gasteiger partial charge in [0.2, 0.25) is 5.75 Å². The highest BCUT2D eigenvalue weighted by Gasteiger charge is 2.09. The maximum absolute atomic E-state index is 11.4. The zero-order chi connectivity index (χ0) is 12.0. The van der Waals surface area contributed by atoms with Gasteiger partial charge in [0.25, 0.3) is 5.56 Å². The lowest BCUT2D eigenvalue weighted by Gasteiger charge is -2.12. The fraction of sp³-hybridized carbons (Fsp3) is 0.600. The molecule has 0 saturated heterocycles. The summed E-state index contributed by atoms with van der Waals surface area (Å²) in [4.78, 5) is 17.9. The van der Waals surface area contributed by atoms with Gasteiger partial charge in [0.1, 0.15) is 0 Å². The summed E-state index contributed by atoms with van der Waals surface area (Å²) >= 11 is 1.80. The Labute approximate surface area is 99.0 Å². The SMILES string of the molecule is COc1c(NCC(C)CSC)nc[nH]c1=O. The predicted octanol–water partition coefficient (Wildman–Crippen LogP) is 1.19. The minimum absolute atomic E-state index is 0.235. The molecule has 0 aromatic carbocycles. The molecule has 0 saturated carbocycles. The molecule has 5 nitrogen and oxygen atoms in total. The Balaban J connectivity index is 2.66. The Bertz CT molecular complexity index is 381. The van der Waals surface area contributed by atoms with E-state index in [4.69, 9.17) is 4.74 Å². The molecule has 2 N–H and O–H groups in total. The van der Waals surface area contributed by atoms with Gasteiger partial charge < -0.3 is 15.0 Å². The third kappa shape index (κ3) is 3.44. The van der Waals surface area contributed by atoms with Gasteiger partial charge in [-0.1, -0.05) is 6.92 Å². The molecule has 0 bridgehead atoms. The van der Waals surface area contributed by atoms with E-state index in [0.29, 0.717) is 11.7 Å². The molecule has 6 heteroatoms. The summed E-state index contributed by atoms with van der Waals surface area (Å²) in [6.07, 6.45) is 3.44. The molecule has 0 radical (unpaired) electrons. The second-order valence-electron chi connectivity index (χ2n) is 3.55. The van der Waals surface area contributed by atoms with Gasteiger partial charge in [0.15, 0.2) is 5.82 Å². The Morgan fingerprint density at radius 3 is 3.06 bits per heavy atom. The number of methoxy groups -OCH3 is 1. The zero-order valence-corrected chi connectivity index (χ0v) is 10.6. The fourth-order valence-electron chi connectivity index (χ4n) is 1.32. The minimum Gasteiger partial charge on any atom is -0.489 e. The Kier molecular flexibility index (Phi) is 5.18. The number of thioether (sulfide) groups is 1. The summed E-state index contributed by atoms with van der Waals surface area (Å²) in [6.45, 7) is 2.91. The normalized spacial score (nSPS) is 12.2. The quantitative estimate of drug-likeness (QED) is 0.785. The molecule has 0 aliphatic rings. The monoisotopic (exact) mass is 243 g/mol. The molecule has 1 rings (SSSR count). The summed E-state index contributed by atoms with van der Waals surface area (Å²) in [5, 5.41) is 3.12. The second-order valence-corrected chi connectivity index (χ2v) is 4.47. The van der Waals surface area contributed by atoms with Crippen molar-refractivity contribution < 1.29 is 4.74 Å². The molecule has 0 aliphatic carbocycles. The number of anilines is 1. The van der Waals surface area contributed by atoms with E-state index in [1.807, 2.05) is 0 Å². The third-order valence-corrected chi connectivity index (χ3v) is 2.99. The average molecular weight is 243 g/mol. The lowest BCUT2D eigenvalue weighted by Crippen LogP contribution is -2.18. The number of hydrogen-bond acceptors (Lipinski definition) is 5. The first-order chi connectivity index (χ1) is 7.69. The molecular weight excluding hydrogens is 226 g/mol. The van der Waals surface area contributed by atoms with Gasteiger partial charge in [-0.25, -0.2) is 4.98 Å². The summed E-state index contributed by atoms with van der Waals surface area (Å²) in [5.41, 5.74) is -0.266. The van der Waals surface area contributed by atoms with Crippen LogP contribution < -0.4 is 15.6 Å². The third-order valence-electron chi connectivity index (χ3n) is 2.08. The van der Waals surface area contributed by atoms with Gasteiger partial charge in [-0.15, -0.1) is 0 Å². The van der Waals surface area contributed by atoms with Crippen LogP contribution in [-0.4, -0.2) is 35.6 Å². The molecule has 1 unspecified atom stereocenters. The van der Waals surface area contributed by atoms with Crippen LogP contribution in [0.1, 0.15) is 6.92 Å². The van der Waals surface area contributed by atoms with Crippen LogP contribution in [0.5, 0.6) is 5.75 Å². The van der Waals surface area contributed by atoms with E-state index in [1.165, 1.54) is 13.4 Å². The van der Waals surface area contributed by atoms with E-state index in [-0.39, 0.29) is 11.3 Å². The van der Waals surface area contributed by atoms with E-state index in [1.54, 1.807) is 11.8 Å². The molecule has 0 aliphatic heterocycles. The van der Waals surface area contributed by atoms with Crippen LogP contribution in [-0.2, 0) is 0 Å². The molecule has 1 atom stereocenters. The average Bonchev–Trinajstić information content (AvgIpc) is 2.27. The van der Waals surface area contributed by atoms with Crippen LogP contribution in [0.4, 0.5) is 5.82 Å². The Morgan fingerprint density at radius 2 is 2.44 bits per heavy atom. The van der Waals surface area contributed by atoms with Crippen LogP contribution in [0.3, 0.4) is 0 Å². The Hall–Kier alpha value is -1.17. The predicted molar refractivity (Wildman–Crippen MR) is 67.4 cm³/mol. The molecule has 0 amide bonds. The molecule has 1 heterocycles. The van der Waals surface area contributed by atoms with Crippen molar-refractivity contribution in [3.63, 3.8) is 0 Å². The standard InChI is InChI=1S/C10H17N3O2S/c1-7(5-16-3)4-11-9-8(15-2)10(14)13-6-12-9/h6-7H,4-5H2,1-3H3,(H2,11,12,13,14). The first kappa shape index (κ1) is 12.9. The van der Waals surface area contributed by atoms with Crippen LogP contribution in [0.25, 0.3) is 0 Å². The van der Waals surface area contributed by atoms with E-state index < -0.39 is 0 Å². The van der Waals surface area contributed by atoms with Crippen LogP contribution >= 0.6 is 11.8 Å². The van der Waals surface area contributed by atoms with Crippen molar-refractivity contribution in [3.8, 4) is 5.75 Å². The van der Waals surface area contributed by atoms with E-state index in [2.05, 4.69) is 28.5 Å². The lowest BCUT2D eigenvalue weighted by molar-refractivity contribution is 0.407. The highest BCUT2D eigenvalue weighted by atomic mass is 32.2. The number of nitrogens with one attached hydrogen (secondary N) is 2. The van der Waals surface area contributed by atoms with Crippen molar-refractivity contribution >= 4 is 17.6 Å². The van der Waals surface area contributed by atoms with Crippen molar-refractivity contribution in [2.45, 2.75) is 6.92 Å². The maximum atomic E-state index is 11.4. The number of rotatable bonds is 6. The number of aromatic amines is 1. The van der Waals surface area contributed by atoms with Crippen molar-refractivity contribution in [1.82, 2.24) is 9.97 Å². The lowest BCUT2D eigenvalue weighted by atomic mass is 10.2. The fourth-order valence-corrected chi connectivity index (χ4v) is 2.00. The van der Waals surface area contributed by atoms with Gasteiger partial charge in [0, 0.05) is 6.54 Å². The van der Waals surface area contributed by atoms with Gasteiger partial charge >= 0.3 is 0 Å². The van der Waals surface area contributed by atoms with Gasteiger partial charge in [-0.3, -0.25) is 4.79 Å². The molecule has 0 spiro atoms. The smallest absolute Gasteiger partial charge is 0.295 e. The molecular formula is C10H17N3O2S. The van der Waals surface area contributed by atoms with Crippen LogP contribution in [0.15, 0.2) is 11.1 Å². The summed E-state index contributed by atoms with van der Waals surface area (Å²) < 4.78 is 4.99. The van der Waals surface area contributed by atoms with E-state index in [0.717, 1.165) is 12.3 Å². The minimum atomic E-state index is -0.266. The van der Waals surface area contributed by atoms with Crippen LogP contribution in [0.2, 0.25) is 0 Å². The van der Waals surface area contributed by atoms with Crippen LogP contribution in [0, 0.1) is 5.92 Å². The number of hydrogen-bond donors (Lipinski definition) is 2. The summed E-state index contributed by atoms with van der Waals surface area (Å²) in [5.74, 6) is 2.32. The molecule has 1 aromatic rings. The largest absolute Gasteiger partial charge is 0.489 e. The Morgan fingerprint density at radius 1 is 1.69 bits per heavy atom. The summed E-state index contributed by atoms with van der Waals surface area (Å²) in [7, 11) is 1.46. The first-order valence-corrected chi connectivity index (χ1v) is 6.43. The van der Waals surface area contributed by atoms with Crippen molar-refractivity contribution in [3.05, 3.63) is 16.7 Å². The van der Waals surface area contributed by atoms with E-state index in [9.17, 15) is 4.79 Å². The maximum Gasteiger partial charge on any atom is 0.295 e. The number of aromatic nitrogens is 2. The number of ether oxygens (including phenoxy) is 1. The number of nitrogens with zero attached hydrogens (tertiary/aromatic N) is 1. The van der Waals surface area contributed by atoms with Gasteiger partial charge in [-0.05, 0) is 17.9 Å². The highest BCUT2D eigenvalue weighted by molar-refractivity contribution is 7.98. The topological polar surface area (TPSA) is 67.0 Å². The molecule has 16 heavy (non-hydrogen) atoms. The van der Waals surface area contributed by atoms with E-state index >= 15 is 0 Å². The van der Waals surface area contributed by atoms with Gasteiger partial charge in [-0.2, -0.15) is 11.8 Å². The molecule has 1 aromatic heterocycles. The molecule has 0 fully saturated rings. The molecule has 90 valence electrons. The second kappa shape index (κ2) is 6.42.